The van der Waals surface area contributed by atoms with E-state index in [4.69, 9.17) is 46.4 Å². The third-order valence-corrected chi connectivity index (χ3v) is 2.03. The predicted octanol–water partition coefficient (Wildman–Crippen LogP) is 2.25. The number of hydrogen-bond donors (Lipinski definition) is 0. The van der Waals surface area contributed by atoms with Gasteiger partial charge >= 0.3 is 0 Å². The molecule has 13 heavy (non-hydrogen) atoms. The Kier molecular flexibility index (Phi) is 3.63. The fraction of sp³-hybridized carbons (Fsp3) is 0.800. The summed E-state index contributed by atoms with van der Waals surface area (Å²) in [5.74, 6) is 0.357. The second-order valence-electron chi connectivity index (χ2n) is 2.42. The van der Waals surface area contributed by atoms with Gasteiger partial charge in [-0.25, -0.2) is 0 Å². The van der Waals surface area contributed by atoms with Gasteiger partial charge in [0.05, 0.1) is 7.05 Å². The number of halogens is 4. The van der Waals surface area contributed by atoms with Gasteiger partial charge < -0.3 is 0 Å². The highest BCUT2D eigenvalue weighted by Gasteiger charge is 2.27. The molecule has 0 spiro atoms. The lowest BCUT2D eigenvalue weighted by Gasteiger charge is -2.12. The predicted molar refractivity (Wildman–Crippen MR) is 52.3 cm³/mol. The summed E-state index contributed by atoms with van der Waals surface area (Å²) in [5.41, 5.74) is 0. The molecule has 74 valence electrons. The number of tetrazole rings is 1. The zero-order chi connectivity index (χ0) is 10.1. The summed E-state index contributed by atoms with van der Waals surface area (Å²) < 4.78 is -1.40. The summed E-state index contributed by atoms with van der Waals surface area (Å²) in [6.07, 6.45) is 0.144. The molecule has 0 aliphatic carbocycles. The second kappa shape index (κ2) is 4.17. The smallest absolute Gasteiger partial charge is 0.167 e. The van der Waals surface area contributed by atoms with Crippen molar-refractivity contribution >= 4 is 46.4 Å². The average Bonchev–Trinajstić information content (AvgIpc) is 2.31. The Morgan fingerprint density at radius 1 is 1.46 bits per heavy atom. The molecule has 0 unspecified atom stereocenters. The van der Waals surface area contributed by atoms with Crippen LogP contribution >= 0.6 is 46.4 Å². The highest BCUT2D eigenvalue weighted by molar-refractivity contribution is 6.67. The molecule has 1 rings (SSSR count). The Bertz CT molecular complexity index is 280. The quantitative estimate of drug-likeness (QED) is 0.769. The van der Waals surface area contributed by atoms with Gasteiger partial charge in [0.1, 0.15) is 5.38 Å². The summed E-state index contributed by atoms with van der Waals surface area (Å²) in [4.78, 5) is 1.29. The molecule has 1 aromatic rings. The van der Waals surface area contributed by atoms with Crippen LogP contribution in [0.15, 0.2) is 0 Å². The van der Waals surface area contributed by atoms with Crippen molar-refractivity contribution in [2.45, 2.75) is 15.6 Å². The van der Waals surface area contributed by atoms with Crippen LogP contribution in [0.1, 0.15) is 17.6 Å². The molecule has 0 saturated carbocycles. The number of nitrogens with zero attached hydrogens (tertiary/aromatic N) is 4. The molecular weight excluding hydrogens is 258 g/mol. The van der Waals surface area contributed by atoms with Crippen molar-refractivity contribution < 1.29 is 0 Å². The molecule has 0 fully saturated rings. The van der Waals surface area contributed by atoms with Gasteiger partial charge in [-0.3, -0.25) is 0 Å². The lowest BCUT2D eigenvalue weighted by atomic mass is 10.3. The lowest BCUT2D eigenvalue weighted by molar-refractivity contribution is 0.625. The molecule has 8 heteroatoms. The minimum absolute atomic E-state index is 0.144. The van der Waals surface area contributed by atoms with E-state index < -0.39 is 9.17 Å². The first kappa shape index (κ1) is 11.3. The minimum Gasteiger partial charge on any atom is -0.167 e. The van der Waals surface area contributed by atoms with Gasteiger partial charge in [-0.05, 0) is 5.21 Å². The van der Waals surface area contributed by atoms with Gasteiger partial charge in [0.25, 0.3) is 0 Å². The highest BCUT2D eigenvalue weighted by Crippen LogP contribution is 2.37. The molecule has 4 nitrogen and oxygen atoms in total. The van der Waals surface area contributed by atoms with E-state index in [0.717, 1.165) is 0 Å². The average molecular weight is 264 g/mol. The Balaban J connectivity index is 2.64. The van der Waals surface area contributed by atoms with Crippen LogP contribution in [-0.2, 0) is 7.05 Å². The van der Waals surface area contributed by atoms with Crippen molar-refractivity contribution in [3.8, 4) is 0 Å². The van der Waals surface area contributed by atoms with Gasteiger partial charge in [-0.2, -0.15) is 4.80 Å². The lowest BCUT2D eigenvalue weighted by Crippen LogP contribution is -2.08. The van der Waals surface area contributed by atoms with Crippen molar-refractivity contribution in [3.05, 3.63) is 5.82 Å². The number of alkyl halides is 4. The van der Waals surface area contributed by atoms with E-state index in [1.807, 2.05) is 0 Å². The summed E-state index contributed by atoms with van der Waals surface area (Å²) in [7, 11) is 1.63. The van der Waals surface area contributed by atoms with Crippen molar-refractivity contribution in [1.82, 2.24) is 20.2 Å². The summed E-state index contributed by atoms with van der Waals surface area (Å²) in [5, 5.41) is 10.6. The normalized spacial score (nSPS) is 14.5. The summed E-state index contributed by atoms with van der Waals surface area (Å²) >= 11 is 22.5. The molecule has 0 aromatic carbocycles. The van der Waals surface area contributed by atoms with Crippen LogP contribution < -0.4 is 0 Å². The second-order valence-corrected chi connectivity index (χ2v) is 5.47. The van der Waals surface area contributed by atoms with Crippen LogP contribution in [0.5, 0.6) is 0 Å². The molecule has 0 amide bonds. The van der Waals surface area contributed by atoms with Crippen LogP contribution in [0, 0.1) is 0 Å². The molecule has 1 aromatic heterocycles. The Morgan fingerprint density at radius 3 is 2.46 bits per heavy atom. The van der Waals surface area contributed by atoms with E-state index in [0.29, 0.717) is 5.82 Å². The Morgan fingerprint density at radius 2 is 2.08 bits per heavy atom. The maximum absolute atomic E-state index is 5.87. The van der Waals surface area contributed by atoms with Crippen molar-refractivity contribution in [2.75, 3.05) is 0 Å². The standard InChI is InChI=1S/C5H6Cl4N4/c1-13-11-4(10-12-13)3(6)2-5(7,8)9/h3H,2H2,1H3/t3-/m0/s1. The first-order valence-electron chi connectivity index (χ1n) is 3.33. The zero-order valence-electron chi connectivity index (χ0n) is 6.59. The third kappa shape index (κ3) is 3.85. The zero-order valence-corrected chi connectivity index (χ0v) is 9.61. The third-order valence-electron chi connectivity index (χ3n) is 1.21. The maximum atomic E-state index is 5.87. The van der Waals surface area contributed by atoms with Crippen molar-refractivity contribution in [1.29, 1.82) is 0 Å². The largest absolute Gasteiger partial charge is 0.192 e. The number of aryl methyl sites for hydroxylation is 1. The number of hydrogen-bond acceptors (Lipinski definition) is 3. The van der Waals surface area contributed by atoms with Crippen molar-refractivity contribution in [2.24, 2.45) is 7.05 Å². The monoisotopic (exact) mass is 262 g/mol. The SMILES string of the molecule is Cn1nnc([C@@H](Cl)CC(Cl)(Cl)Cl)n1. The van der Waals surface area contributed by atoms with Gasteiger partial charge in [0.15, 0.2) is 9.62 Å². The minimum atomic E-state index is -1.40. The molecular formula is C5H6Cl4N4. The van der Waals surface area contributed by atoms with Crippen LogP contribution in [0.25, 0.3) is 0 Å². The van der Waals surface area contributed by atoms with Gasteiger partial charge in [-0.15, -0.1) is 21.8 Å². The van der Waals surface area contributed by atoms with Crippen LogP contribution in [0.4, 0.5) is 0 Å². The first-order valence-corrected chi connectivity index (χ1v) is 4.90. The molecule has 1 heterocycles. The number of aromatic nitrogens is 4. The highest BCUT2D eigenvalue weighted by atomic mass is 35.6. The van der Waals surface area contributed by atoms with Crippen LogP contribution in [0.3, 0.4) is 0 Å². The first-order chi connectivity index (χ1) is 5.88. The molecule has 1 atom stereocenters. The van der Waals surface area contributed by atoms with E-state index >= 15 is 0 Å². The topological polar surface area (TPSA) is 43.6 Å². The van der Waals surface area contributed by atoms with Gasteiger partial charge in [0, 0.05) is 6.42 Å². The van der Waals surface area contributed by atoms with Gasteiger partial charge in [-0.1, -0.05) is 34.8 Å². The van der Waals surface area contributed by atoms with E-state index in [2.05, 4.69) is 15.4 Å². The Hall–Kier alpha value is 0.230. The van der Waals surface area contributed by atoms with E-state index in [1.54, 1.807) is 7.05 Å². The maximum Gasteiger partial charge on any atom is 0.192 e. The fourth-order valence-electron chi connectivity index (χ4n) is 0.719. The van der Waals surface area contributed by atoms with Gasteiger partial charge in [0.2, 0.25) is 0 Å². The fourth-order valence-corrected chi connectivity index (χ4v) is 1.74. The van der Waals surface area contributed by atoms with Crippen LogP contribution in [0.2, 0.25) is 0 Å². The molecule has 0 saturated heterocycles. The molecule has 0 aliphatic rings. The van der Waals surface area contributed by atoms with Crippen LogP contribution in [-0.4, -0.2) is 24.0 Å². The van der Waals surface area contributed by atoms with E-state index in [-0.39, 0.29) is 6.42 Å². The molecule has 0 N–H and O–H groups in total. The van der Waals surface area contributed by atoms with Crippen molar-refractivity contribution in [3.63, 3.8) is 0 Å². The van der Waals surface area contributed by atoms with E-state index in [1.165, 1.54) is 4.80 Å². The molecule has 0 aliphatic heterocycles. The summed E-state index contributed by atoms with van der Waals surface area (Å²) in [6.45, 7) is 0. The molecule has 0 radical (unpaired) electrons. The number of rotatable bonds is 2. The Labute approximate surface area is 95.1 Å². The summed E-state index contributed by atoms with van der Waals surface area (Å²) in [6, 6.07) is 0. The van der Waals surface area contributed by atoms with E-state index in [9.17, 15) is 0 Å². The molecule has 0 bridgehead atoms.